The van der Waals surface area contributed by atoms with Crippen LogP contribution in [-0.2, 0) is 0 Å². The quantitative estimate of drug-likeness (QED) is 0.165. The van der Waals surface area contributed by atoms with Crippen LogP contribution in [0.25, 0.3) is 76.9 Å². The molecule has 244 valence electrons. The van der Waals surface area contributed by atoms with E-state index in [9.17, 15) is 0 Å². The van der Waals surface area contributed by atoms with E-state index in [-0.39, 0.29) is 0 Å². The smallest absolute Gasteiger partial charge is 0.136 e. The largest absolute Gasteiger partial charge is 0.456 e. The van der Waals surface area contributed by atoms with Gasteiger partial charge in [0.15, 0.2) is 0 Å². The van der Waals surface area contributed by atoms with E-state index in [1.54, 1.807) is 0 Å². The molecule has 0 aliphatic carbocycles. The predicted octanol–water partition coefficient (Wildman–Crippen LogP) is 14.4. The summed E-state index contributed by atoms with van der Waals surface area (Å²) in [5.74, 6) is 0. The van der Waals surface area contributed by atoms with Gasteiger partial charge >= 0.3 is 0 Å². The van der Waals surface area contributed by atoms with Crippen molar-refractivity contribution in [2.75, 3.05) is 4.90 Å². The molecule has 0 spiro atoms. The highest BCUT2D eigenvalue weighted by molar-refractivity contribution is 6.14. The molecule has 9 aromatic carbocycles. The zero-order valence-electron chi connectivity index (χ0n) is 28.4. The first-order chi connectivity index (χ1) is 25.8. The van der Waals surface area contributed by atoms with Crippen molar-refractivity contribution in [1.29, 1.82) is 0 Å². The Morgan fingerprint density at radius 1 is 0.288 bits per heavy atom. The van der Waals surface area contributed by atoms with Crippen LogP contribution in [0.2, 0.25) is 0 Å². The predicted molar refractivity (Wildman–Crippen MR) is 220 cm³/mol. The highest BCUT2D eigenvalue weighted by Gasteiger charge is 2.18. The van der Waals surface area contributed by atoms with Crippen LogP contribution in [0.5, 0.6) is 0 Å². The minimum Gasteiger partial charge on any atom is -0.456 e. The summed E-state index contributed by atoms with van der Waals surface area (Å²) >= 11 is 0. The zero-order chi connectivity index (χ0) is 34.4. The number of anilines is 3. The highest BCUT2D eigenvalue weighted by atomic mass is 16.3. The molecule has 2 nitrogen and oxygen atoms in total. The Morgan fingerprint density at radius 2 is 0.750 bits per heavy atom. The number of nitrogens with zero attached hydrogens (tertiary/aromatic N) is 1. The highest BCUT2D eigenvalue weighted by Crippen LogP contribution is 2.43. The van der Waals surface area contributed by atoms with Crippen molar-refractivity contribution in [2.45, 2.75) is 0 Å². The summed E-state index contributed by atoms with van der Waals surface area (Å²) in [6.07, 6.45) is 0. The van der Waals surface area contributed by atoms with Crippen molar-refractivity contribution in [3.63, 3.8) is 0 Å². The first-order valence-corrected chi connectivity index (χ1v) is 17.8. The van der Waals surface area contributed by atoms with E-state index in [2.05, 4.69) is 193 Å². The molecule has 2 heteroatoms. The molecule has 52 heavy (non-hydrogen) atoms. The molecule has 0 N–H and O–H groups in total. The Bertz CT molecular complexity index is 2870. The first kappa shape index (κ1) is 30.0. The maximum atomic E-state index is 6.23. The van der Waals surface area contributed by atoms with Gasteiger partial charge in [-0.05, 0) is 98.1 Å². The van der Waals surface area contributed by atoms with Crippen molar-refractivity contribution < 1.29 is 4.42 Å². The number of furan rings is 1. The van der Waals surface area contributed by atoms with E-state index < -0.39 is 0 Å². The Hall–Kier alpha value is -6.90. The Morgan fingerprint density at radius 3 is 1.42 bits per heavy atom. The van der Waals surface area contributed by atoms with E-state index in [0.29, 0.717) is 0 Å². The number of hydrogen-bond donors (Lipinski definition) is 0. The van der Waals surface area contributed by atoms with Gasteiger partial charge in [-0.25, -0.2) is 0 Å². The number of rotatable bonds is 6. The second kappa shape index (κ2) is 12.5. The lowest BCUT2D eigenvalue weighted by atomic mass is 9.98. The molecule has 0 fully saturated rings. The van der Waals surface area contributed by atoms with Crippen LogP contribution in [0.1, 0.15) is 0 Å². The lowest BCUT2D eigenvalue weighted by Crippen LogP contribution is -2.10. The van der Waals surface area contributed by atoms with Crippen LogP contribution in [0.3, 0.4) is 0 Å². The van der Waals surface area contributed by atoms with E-state index in [0.717, 1.165) is 50.1 Å². The normalized spacial score (nSPS) is 11.5. The van der Waals surface area contributed by atoms with Gasteiger partial charge < -0.3 is 9.32 Å². The van der Waals surface area contributed by atoms with Gasteiger partial charge in [0.1, 0.15) is 11.2 Å². The minimum absolute atomic E-state index is 0.904. The standard InChI is InChI=1S/C50H33NO/c1-2-10-34(11-3-1)35-18-20-36(21-19-35)37-22-27-41(28-23-37)51(48-32-40-12-4-5-13-43(40)44-14-6-7-15-45(44)48)42-29-24-38(25-30-42)39-26-31-47-46-16-8-9-17-49(46)52-50(47)33-39/h1-33H. The summed E-state index contributed by atoms with van der Waals surface area (Å²) in [6.45, 7) is 0. The van der Waals surface area contributed by atoms with Crippen molar-refractivity contribution >= 4 is 60.5 Å². The molecule has 0 aliphatic heterocycles. The minimum atomic E-state index is 0.904. The molecule has 0 saturated carbocycles. The van der Waals surface area contributed by atoms with Crippen LogP contribution in [0, 0.1) is 0 Å². The van der Waals surface area contributed by atoms with Crippen molar-refractivity contribution in [3.05, 3.63) is 200 Å². The average molecular weight is 664 g/mol. The first-order valence-electron chi connectivity index (χ1n) is 17.8. The SMILES string of the molecule is c1ccc(-c2ccc(-c3ccc(N(c4ccc(-c5ccc6c(c5)oc5ccccc56)cc4)c4cc5ccccc5c5ccccc45)cc3)cc2)cc1. The van der Waals surface area contributed by atoms with E-state index in [1.165, 1.54) is 43.8 Å². The van der Waals surface area contributed by atoms with Crippen LogP contribution in [-0.4, -0.2) is 0 Å². The van der Waals surface area contributed by atoms with Crippen molar-refractivity contribution in [2.24, 2.45) is 0 Å². The second-order valence-corrected chi connectivity index (χ2v) is 13.3. The Balaban J connectivity index is 1.07. The van der Waals surface area contributed by atoms with Gasteiger partial charge in [-0.15, -0.1) is 0 Å². The third-order valence-corrected chi connectivity index (χ3v) is 10.3. The van der Waals surface area contributed by atoms with E-state index >= 15 is 0 Å². The third-order valence-electron chi connectivity index (χ3n) is 10.3. The molecule has 0 saturated heterocycles. The molecule has 0 amide bonds. The molecule has 0 radical (unpaired) electrons. The number of fused-ring (bicyclic) bond motifs is 6. The fourth-order valence-corrected chi connectivity index (χ4v) is 7.64. The fraction of sp³-hybridized carbons (Fsp3) is 0. The summed E-state index contributed by atoms with van der Waals surface area (Å²) in [4.78, 5) is 2.39. The molecule has 0 atom stereocenters. The van der Waals surface area contributed by atoms with Gasteiger partial charge in [0.2, 0.25) is 0 Å². The topological polar surface area (TPSA) is 16.4 Å². The molecule has 0 unspecified atom stereocenters. The summed E-state index contributed by atoms with van der Waals surface area (Å²) < 4.78 is 6.23. The van der Waals surface area contributed by atoms with Crippen molar-refractivity contribution in [3.8, 4) is 33.4 Å². The summed E-state index contributed by atoms with van der Waals surface area (Å²) in [7, 11) is 0. The molecule has 0 bridgehead atoms. The third kappa shape index (κ3) is 5.21. The summed E-state index contributed by atoms with van der Waals surface area (Å²) in [5.41, 5.74) is 12.2. The monoisotopic (exact) mass is 663 g/mol. The molecule has 0 aliphatic rings. The molecule has 10 aromatic rings. The van der Waals surface area contributed by atoms with E-state index in [1.807, 2.05) is 12.1 Å². The molecule has 10 rings (SSSR count). The molecular weight excluding hydrogens is 631 g/mol. The number of para-hydroxylation sites is 1. The average Bonchev–Trinajstić information content (AvgIpc) is 3.60. The molecular formula is C50H33NO. The Labute approximate surface area is 302 Å². The van der Waals surface area contributed by atoms with Crippen molar-refractivity contribution in [1.82, 2.24) is 0 Å². The summed E-state index contributed by atoms with van der Waals surface area (Å²) in [6, 6.07) is 71.8. The second-order valence-electron chi connectivity index (χ2n) is 13.3. The van der Waals surface area contributed by atoms with Crippen LogP contribution < -0.4 is 4.90 Å². The molecule has 1 aromatic heterocycles. The lowest BCUT2D eigenvalue weighted by Gasteiger charge is -2.28. The van der Waals surface area contributed by atoms with Crippen LogP contribution >= 0.6 is 0 Å². The number of benzene rings is 9. The molecule has 1 heterocycles. The van der Waals surface area contributed by atoms with E-state index in [4.69, 9.17) is 4.42 Å². The van der Waals surface area contributed by atoms with Gasteiger partial charge in [-0.3, -0.25) is 0 Å². The van der Waals surface area contributed by atoms with Crippen LogP contribution in [0.15, 0.2) is 205 Å². The van der Waals surface area contributed by atoms with Gasteiger partial charge in [0, 0.05) is 27.5 Å². The summed E-state index contributed by atoms with van der Waals surface area (Å²) in [5, 5.41) is 7.21. The lowest BCUT2D eigenvalue weighted by molar-refractivity contribution is 0.669. The zero-order valence-corrected chi connectivity index (χ0v) is 28.4. The van der Waals surface area contributed by atoms with Gasteiger partial charge in [-0.1, -0.05) is 152 Å². The fourth-order valence-electron chi connectivity index (χ4n) is 7.64. The number of hydrogen-bond acceptors (Lipinski definition) is 2. The van der Waals surface area contributed by atoms with Gasteiger partial charge in [0.25, 0.3) is 0 Å². The Kier molecular flexibility index (Phi) is 7.18. The van der Waals surface area contributed by atoms with Crippen LogP contribution in [0.4, 0.5) is 17.1 Å². The van der Waals surface area contributed by atoms with Gasteiger partial charge in [-0.2, -0.15) is 0 Å². The van der Waals surface area contributed by atoms with Gasteiger partial charge in [0.05, 0.1) is 5.69 Å². The maximum absolute atomic E-state index is 6.23. The maximum Gasteiger partial charge on any atom is 0.136 e.